The summed E-state index contributed by atoms with van der Waals surface area (Å²) in [6.07, 6.45) is 7.63. The molecule has 1 aliphatic heterocycles. The van der Waals surface area contributed by atoms with E-state index in [0.717, 1.165) is 32.4 Å². The largest absolute Gasteiger partial charge is 0.361 e. The van der Waals surface area contributed by atoms with E-state index in [1.54, 1.807) is 0 Å². The van der Waals surface area contributed by atoms with Crippen molar-refractivity contribution in [2.75, 3.05) is 20.1 Å². The van der Waals surface area contributed by atoms with Gasteiger partial charge in [0.05, 0.1) is 5.92 Å². The first-order chi connectivity index (χ1) is 13.0. The number of aromatic nitrogens is 1. The first-order valence-corrected chi connectivity index (χ1v) is 10.3. The molecule has 0 fully saturated rings. The van der Waals surface area contributed by atoms with Crippen molar-refractivity contribution >= 4 is 22.4 Å². The number of fused-ring (bicyclic) bond motifs is 2. The highest BCUT2D eigenvalue weighted by Gasteiger charge is 2.37. The van der Waals surface area contributed by atoms with Crippen molar-refractivity contribution in [1.82, 2.24) is 14.8 Å². The highest BCUT2D eigenvalue weighted by atomic mass is 16.2. The molecule has 1 amide bonds. The van der Waals surface area contributed by atoms with Crippen LogP contribution in [0.25, 0.3) is 16.5 Å². The van der Waals surface area contributed by atoms with Crippen LogP contribution < -0.4 is 0 Å². The molecule has 2 heterocycles. The number of hydrogen-bond donors (Lipinski definition) is 1. The Labute approximate surface area is 162 Å². The summed E-state index contributed by atoms with van der Waals surface area (Å²) in [5.74, 6) is 0.222. The molecule has 4 heteroatoms. The van der Waals surface area contributed by atoms with Gasteiger partial charge in [0.15, 0.2) is 0 Å². The van der Waals surface area contributed by atoms with Crippen LogP contribution >= 0.6 is 0 Å². The van der Waals surface area contributed by atoms with Gasteiger partial charge in [0, 0.05) is 42.3 Å². The van der Waals surface area contributed by atoms with E-state index >= 15 is 0 Å². The van der Waals surface area contributed by atoms with Gasteiger partial charge in [-0.15, -0.1) is 0 Å². The van der Waals surface area contributed by atoms with E-state index in [2.05, 4.69) is 73.1 Å². The van der Waals surface area contributed by atoms with Gasteiger partial charge in [0.2, 0.25) is 5.91 Å². The third-order valence-corrected chi connectivity index (χ3v) is 6.24. The summed E-state index contributed by atoms with van der Waals surface area (Å²) in [5, 5.41) is 1.34. The first kappa shape index (κ1) is 18.3. The van der Waals surface area contributed by atoms with Crippen LogP contribution in [0.2, 0.25) is 0 Å². The van der Waals surface area contributed by atoms with Crippen LogP contribution in [0, 0.1) is 5.92 Å². The Morgan fingerprint density at radius 3 is 2.93 bits per heavy atom. The Morgan fingerprint density at radius 1 is 1.37 bits per heavy atom. The van der Waals surface area contributed by atoms with E-state index in [-0.39, 0.29) is 17.9 Å². The van der Waals surface area contributed by atoms with Gasteiger partial charge in [-0.3, -0.25) is 9.69 Å². The molecule has 0 saturated carbocycles. The average Bonchev–Trinajstić information content (AvgIpc) is 3.07. The molecule has 2 aliphatic rings. The van der Waals surface area contributed by atoms with Crippen LogP contribution in [-0.4, -0.2) is 52.9 Å². The van der Waals surface area contributed by atoms with E-state index in [4.69, 9.17) is 0 Å². The van der Waals surface area contributed by atoms with Gasteiger partial charge in [-0.05, 0) is 56.5 Å². The molecule has 2 atom stereocenters. The molecule has 2 unspecified atom stereocenters. The molecular weight excluding hydrogens is 334 g/mol. The number of likely N-dealkylation sites (N-methyl/N-ethyl adjacent to an activating group) is 1. The zero-order valence-corrected chi connectivity index (χ0v) is 17.0. The lowest BCUT2D eigenvalue weighted by Gasteiger charge is -2.41. The molecule has 0 saturated heterocycles. The van der Waals surface area contributed by atoms with E-state index < -0.39 is 0 Å². The summed E-state index contributed by atoms with van der Waals surface area (Å²) in [4.78, 5) is 21.2. The maximum Gasteiger partial charge on any atom is 0.231 e. The van der Waals surface area contributed by atoms with Crippen LogP contribution in [0.5, 0.6) is 0 Å². The molecule has 2 aromatic rings. The number of amides is 1. The van der Waals surface area contributed by atoms with Crippen molar-refractivity contribution in [3.63, 3.8) is 0 Å². The summed E-state index contributed by atoms with van der Waals surface area (Å²) < 4.78 is 0. The second-order valence-corrected chi connectivity index (χ2v) is 8.41. The highest BCUT2D eigenvalue weighted by Crippen LogP contribution is 2.41. The molecule has 1 aromatic heterocycles. The average molecular weight is 366 g/mol. The van der Waals surface area contributed by atoms with Crippen LogP contribution in [0.4, 0.5) is 0 Å². The predicted octanol–water partition coefficient (Wildman–Crippen LogP) is 4.07. The number of hydrogen-bond acceptors (Lipinski definition) is 2. The Bertz CT molecular complexity index is 879. The van der Waals surface area contributed by atoms with Crippen molar-refractivity contribution in [2.24, 2.45) is 5.92 Å². The smallest absolute Gasteiger partial charge is 0.231 e. The van der Waals surface area contributed by atoms with Gasteiger partial charge >= 0.3 is 0 Å². The maximum atomic E-state index is 13.4. The van der Waals surface area contributed by atoms with E-state index in [1.807, 2.05) is 0 Å². The molecule has 0 spiro atoms. The number of H-pyrrole nitrogens is 1. The Kier molecular flexibility index (Phi) is 4.85. The number of carbonyl (C=O) groups excluding carboxylic acids is 1. The number of nitrogens with zero attached hydrogens (tertiary/aromatic N) is 2. The lowest BCUT2D eigenvalue weighted by molar-refractivity contribution is -0.136. The molecule has 4 nitrogen and oxygen atoms in total. The van der Waals surface area contributed by atoms with Crippen LogP contribution in [-0.2, 0) is 11.2 Å². The number of rotatable bonds is 5. The van der Waals surface area contributed by atoms with Gasteiger partial charge < -0.3 is 9.88 Å². The van der Waals surface area contributed by atoms with Crippen molar-refractivity contribution in [3.05, 3.63) is 41.6 Å². The number of nitrogens with one attached hydrogen (secondary N) is 1. The molecule has 1 aliphatic carbocycles. The summed E-state index contributed by atoms with van der Waals surface area (Å²) in [7, 11) is 2.17. The van der Waals surface area contributed by atoms with Crippen molar-refractivity contribution < 1.29 is 4.79 Å². The first-order valence-electron chi connectivity index (χ1n) is 10.3. The van der Waals surface area contributed by atoms with Gasteiger partial charge in [-0.2, -0.15) is 0 Å². The lowest BCUT2D eigenvalue weighted by Crippen LogP contribution is -2.49. The van der Waals surface area contributed by atoms with Gasteiger partial charge in [-0.25, -0.2) is 0 Å². The molecule has 27 heavy (non-hydrogen) atoms. The third-order valence-electron chi connectivity index (χ3n) is 6.24. The normalized spacial score (nSPS) is 22.0. The molecular formula is C23H31N3O. The maximum absolute atomic E-state index is 13.4. The predicted molar refractivity (Wildman–Crippen MR) is 112 cm³/mol. The molecule has 1 N–H and O–H groups in total. The zero-order valence-electron chi connectivity index (χ0n) is 17.0. The van der Waals surface area contributed by atoms with Gasteiger partial charge in [-0.1, -0.05) is 31.6 Å². The third kappa shape index (κ3) is 3.10. The molecule has 4 rings (SSSR count). The fourth-order valence-electron chi connectivity index (χ4n) is 4.77. The second kappa shape index (κ2) is 7.16. The minimum Gasteiger partial charge on any atom is -0.361 e. The highest BCUT2D eigenvalue weighted by molar-refractivity contribution is 5.99. The standard InChI is InChI=1S/C23H31N3O/c1-5-6-10-26(15(2)3)23(27)17-11-19-18-8-7-9-20-22(18)16(13-24-20)12-21(19)25(4)14-17/h7-9,11,13,15,17,21,24H,5-6,10,12,14H2,1-4H3. The number of aromatic amines is 1. The fraction of sp³-hybridized carbons (Fsp3) is 0.522. The second-order valence-electron chi connectivity index (χ2n) is 8.41. The minimum atomic E-state index is -0.0590. The molecule has 0 bridgehead atoms. The number of carbonyl (C=O) groups is 1. The summed E-state index contributed by atoms with van der Waals surface area (Å²) in [6.45, 7) is 8.10. The number of unbranched alkanes of at least 4 members (excludes halogenated alkanes) is 1. The van der Waals surface area contributed by atoms with Crippen LogP contribution in [0.3, 0.4) is 0 Å². The van der Waals surface area contributed by atoms with E-state index in [9.17, 15) is 4.79 Å². The number of benzene rings is 1. The van der Waals surface area contributed by atoms with Gasteiger partial charge in [0.25, 0.3) is 0 Å². The summed E-state index contributed by atoms with van der Waals surface area (Å²) in [6, 6.07) is 7.09. The quantitative estimate of drug-likeness (QED) is 0.867. The zero-order chi connectivity index (χ0) is 19.1. The van der Waals surface area contributed by atoms with E-state index in [1.165, 1.54) is 27.6 Å². The van der Waals surface area contributed by atoms with Crippen molar-refractivity contribution in [1.29, 1.82) is 0 Å². The van der Waals surface area contributed by atoms with E-state index in [0.29, 0.717) is 6.04 Å². The molecule has 0 radical (unpaired) electrons. The lowest BCUT2D eigenvalue weighted by atomic mass is 9.79. The minimum absolute atomic E-state index is 0.0590. The fourth-order valence-corrected chi connectivity index (χ4v) is 4.77. The van der Waals surface area contributed by atoms with Crippen molar-refractivity contribution in [2.45, 2.75) is 52.1 Å². The van der Waals surface area contributed by atoms with Crippen LogP contribution in [0.15, 0.2) is 30.5 Å². The monoisotopic (exact) mass is 365 g/mol. The Morgan fingerprint density at radius 2 is 2.19 bits per heavy atom. The van der Waals surface area contributed by atoms with Crippen LogP contribution in [0.1, 0.15) is 44.7 Å². The molecule has 1 aromatic carbocycles. The summed E-state index contributed by atoms with van der Waals surface area (Å²) >= 11 is 0. The summed E-state index contributed by atoms with van der Waals surface area (Å²) in [5.41, 5.74) is 5.23. The Balaban J connectivity index is 1.71. The molecule has 144 valence electrons. The van der Waals surface area contributed by atoms with Gasteiger partial charge in [0.1, 0.15) is 0 Å². The topological polar surface area (TPSA) is 39.3 Å². The Hall–Kier alpha value is -2.07. The SMILES string of the molecule is CCCCN(C(=O)C1C=C2c3cccc4[nH]cc(c34)CC2N(C)C1)C(C)C. The van der Waals surface area contributed by atoms with Crippen molar-refractivity contribution in [3.8, 4) is 0 Å².